The van der Waals surface area contributed by atoms with Crippen LogP contribution >= 0.6 is 11.8 Å². The van der Waals surface area contributed by atoms with Crippen LogP contribution in [0.25, 0.3) is 5.69 Å². The van der Waals surface area contributed by atoms with Crippen molar-refractivity contribution in [2.75, 3.05) is 25.9 Å². The van der Waals surface area contributed by atoms with Crippen molar-refractivity contribution in [2.45, 2.75) is 25.6 Å². The van der Waals surface area contributed by atoms with E-state index < -0.39 is 0 Å². The van der Waals surface area contributed by atoms with Gasteiger partial charge in [-0.05, 0) is 23.6 Å². The Morgan fingerprint density at radius 1 is 1.46 bits per heavy atom. The Balaban J connectivity index is 1.63. The van der Waals surface area contributed by atoms with Gasteiger partial charge in [0.1, 0.15) is 5.82 Å². The SMILES string of the molecule is CN=C(NCc1ccc(-n2ccnc2)c(F)c1)N1CCSC(C(C)C)C1. The van der Waals surface area contributed by atoms with Crippen molar-refractivity contribution in [3.63, 3.8) is 0 Å². The summed E-state index contributed by atoms with van der Waals surface area (Å²) in [5.74, 6) is 2.38. The highest BCUT2D eigenvalue weighted by Crippen LogP contribution is 2.25. The maximum absolute atomic E-state index is 14.4. The molecule has 1 saturated heterocycles. The number of imidazole rings is 1. The second-order valence-corrected chi connectivity index (χ2v) is 8.10. The molecule has 1 fully saturated rings. The van der Waals surface area contributed by atoms with Crippen molar-refractivity contribution in [3.8, 4) is 5.69 Å². The third-order valence-electron chi connectivity index (χ3n) is 4.59. The first-order valence-corrected chi connectivity index (χ1v) is 9.97. The van der Waals surface area contributed by atoms with Gasteiger partial charge >= 0.3 is 0 Å². The second-order valence-electron chi connectivity index (χ2n) is 6.76. The standard InChI is InChI=1S/C19H26FN5S/c1-14(2)18-12-24(8-9-26-18)19(21-3)23-11-15-4-5-17(16(20)10-15)25-7-6-22-13-25/h4-7,10,13-14,18H,8-9,11-12H2,1-3H3,(H,21,23). The summed E-state index contributed by atoms with van der Waals surface area (Å²) in [5, 5.41) is 4.00. The monoisotopic (exact) mass is 375 g/mol. The first-order chi connectivity index (χ1) is 12.6. The van der Waals surface area contributed by atoms with Gasteiger partial charge < -0.3 is 14.8 Å². The van der Waals surface area contributed by atoms with E-state index in [1.54, 1.807) is 42.5 Å². The number of benzene rings is 1. The summed E-state index contributed by atoms with van der Waals surface area (Å²) in [7, 11) is 1.80. The molecule has 3 rings (SSSR count). The van der Waals surface area contributed by atoms with Crippen LogP contribution in [0.1, 0.15) is 19.4 Å². The minimum Gasteiger partial charge on any atom is -0.352 e. The molecule has 1 N–H and O–H groups in total. The van der Waals surface area contributed by atoms with Gasteiger partial charge in [-0.15, -0.1) is 0 Å². The number of nitrogens with zero attached hydrogens (tertiary/aromatic N) is 4. The summed E-state index contributed by atoms with van der Waals surface area (Å²) >= 11 is 2.04. The molecule has 140 valence electrons. The van der Waals surface area contributed by atoms with Gasteiger partial charge in [0.2, 0.25) is 0 Å². The van der Waals surface area contributed by atoms with Crippen LogP contribution in [-0.2, 0) is 6.54 Å². The summed E-state index contributed by atoms with van der Waals surface area (Å²) in [4.78, 5) is 10.7. The summed E-state index contributed by atoms with van der Waals surface area (Å²) in [5.41, 5.74) is 1.39. The minimum atomic E-state index is -0.258. The Hall–Kier alpha value is -2.02. The number of guanidine groups is 1. The molecule has 1 aromatic carbocycles. The van der Waals surface area contributed by atoms with Crippen LogP contribution in [0.5, 0.6) is 0 Å². The maximum atomic E-state index is 14.4. The van der Waals surface area contributed by atoms with E-state index >= 15 is 0 Å². The van der Waals surface area contributed by atoms with Gasteiger partial charge in [0.25, 0.3) is 0 Å². The summed E-state index contributed by atoms with van der Waals surface area (Å²) in [6.07, 6.45) is 4.97. The number of halogens is 1. The first-order valence-electron chi connectivity index (χ1n) is 8.92. The van der Waals surface area contributed by atoms with E-state index in [9.17, 15) is 4.39 Å². The predicted octanol–water partition coefficient (Wildman–Crippen LogP) is 3.16. The van der Waals surface area contributed by atoms with Crippen molar-refractivity contribution in [3.05, 3.63) is 48.3 Å². The van der Waals surface area contributed by atoms with Crippen LogP contribution in [0.2, 0.25) is 0 Å². The Morgan fingerprint density at radius 3 is 2.96 bits per heavy atom. The van der Waals surface area contributed by atoms with Gasteiger partial charge in [0.05, 0.1) is 12.0 Å². The molecule has 1 unspecified atom stereocenters. The molecule has 26 heavy (non-hydrogen) atoms. The van der Waals surface area contributed by atoms with Gasteiger partial charge in [0.15, 0.2) is 5.96 Å². The number of hydrogen-bond donors (Lipinski definition) is 1. The number of rotatable bonds is 4. The van der Waals surface area contributed by atoms with Gasteiger partial charge in [-0.2, -0.15) is 11.8 Å². The van der Waals surface area contributed by atoms with Crippen molar-refractivity contribution in [1.82, 2.24) is 19.8 Å². The van der Waals surface area contributed by atoms with E-state index in [0.29, 0.717) is 23.4 Å². The average molecular weight is 376 g/mol. The summed E-state index contributed by atoms with van der Waals surface area (Å²) in [6.45, 7) is 7.06. The summed E-state index contributed by atoms with van der Waals surface area (Å²) < 4.78 is 16.1. The molecule has 2 aromatic rings. The first kappa shape index (κ1) is 18.8. The van der Waals surface area contributed by atoms with Gasteiger partial charge in [0, 0.05) is 50.1 Å². The molecule has 1 aliphatic rings. The number of hydrogen-bond acceptors (Lipinski definition) is 3. The third kappa shape index (κ3) is 4.38. The number of aliphatic imine (C=N–C) groups is 1. The van der Waals surface area contributed by atoms with Gasteiger partial charge in [-0.3, -0.25) is 4.99 Å². The summed E-state index contributed by atoms with van der Waals surface area (Å²) in [6, 6.07) is 5.28. The molecule has 1 aliphatic heterocycles. The van der Waals surface area contributed by atoms with Crippen LogP contribution in [0, 0.1) is 11.7 Å². The van der Waals surface area contributed by atoms with Crippen molar-refractivity contribution in [1.29, 1.82) is 0 Å². The highest BCUT2D eigenvalue weighted by molar-refractivity contribution is 8.00. The molecule has 0 spiro atoms. The zero-order valence-corrected chi connectivity index (χ0v) is 16.3. The average Bonchev–Trinajstić information content (AvgIpc) is 3.17. The Labute approximate surface area is 158 Å². The maximum Gasteiger partial charge on any atom is 0.193 e. The largest absolute Gasteiger partial charge is 0.352 e. The van der Waals surface area contributed by atoms with E-state index in [2.05, 4.69) is 34.0 Å². The fourth-order valence-corrected chi connectivity index (χ4v) is 4.35. The van der Waals surface area contributed by atoms with Crippen LogP contribution < -0.4 is 5.32 Å². The van der Waals surface area contributed by atoms with Crippen molar-refractivity contribution in [2.24, 2.45) is 10.9 Å². The van der Waals surface area contributed by atoms with E-state index in [0.717, 1.165) is 30.4 Å². The predicted molar refractivity (Wildman–Crippen MR) is 106 cm³/mol. The molecule has 5 nitrogen and oxygen atoms in total. The Morgan fingerprint density at radius 2 is 2.31 bits per heavy atom. The molecule has 1 aromatic heterocycles. The zero-order valence-electron chi connectivity index (χ0n) is 15.5. The third-order valence-corrected chi connectivity index (χ3v) is 6.13. The van der Waals surface area contributed by atoms with Crippen molar-refractivity contribution < 1.29 is 4.39 Å². The topological polar surface area (TPSA) is 45.5 Å². The highest BCUT2D eigenvalue weighted by atomic mass is 32.2. The molecule has 0 amide bonds. The molecular formula is C19H26FN5S. The lowest BCUT2D eigenvalue weighted by molar-refractivity contribution is 0.380. The van der Waals surface area contributed by atoms with Gasteiger partial charge in [-0.25, -0.2) is 9.37 Å². The smallest absolute Gasteiger partial charge is 0.193 e. The lowest BCUT2D eigenvalue weighted by atomic mass is 10.1. The van der Waals surface area contributed by atoms with E-state index in [1.807, 2.05) is 17.8 Å². The van der Waals surface area contributed by atoms with Crippen LogP contribution in [0.15, 0.2) is 41.9 Å². The quantitative estimate of drug-likeness (QED) is 0.659. The lowest BCUT2D eigenvalue weighted by Crippen LogP contribution is -2.48. The lowest BCUT2D eigenvalue weighted by Gasteiger charge is -2.36. The van der Waals surface area contributed by atoms with Crippen LogP contribution in [0.3, 0.4) is 0 Å². The zero-order chi connectivity index (χ0) is 18.5. The Bertz CT molecular complexity index is 744. The molecule has 0 bridgehead atoms. The molecule has 1 atom stereocenters. The highest BCUT2D eigenvalue weighted by Gasteiger charge is 2.24. The molecule has 0 radical (unpaired) electrons. The van der Waals surface area contributed by atoms with Crippen LogP contribution in [0.4, 0.5) is 4.39 Å². The van der Waals surface area contributed by atoms with E-state index in [-0.39, 0.29) is 5.82 Å². The minimum absolute atomic E-state index is 0.258. The molecule has 0 aliphatic carbocycles. The second kappa shape index (κ2) is 8.58. The molecule has 0 saturated carbocycles. The van der Waals surface area contributed by atoms with E-state index in [1.165, 1.54) is 0 Å². The van der Waals surface area contributed by atoms with Crippen molar-refractivity contribution >= 4 is 17.7 Å². The number of aromatic nitrogens is 2. The molecular weight excluding hydrogens is 349 g/mol. The van der Waals surface area contributed by atoms with E-state index in [4.69, 9.17) is 0 Å². The molecule has 7 heteroatoms. The number of thioether (sulfide) groups is 1. The Kier molecular flexibility index (Phi) is 6.19. The molecule has 2 heterocycles. The number of nitrogens with one attached hydrogen (secondary N) is 1. The van der Waals surface area contributed by atoms with Gasteiger partial charge in [-0.1, -0.05) is 19.9 Å². The fourth-order valence-electron chi connectivity index (χ4n) is 3.06. The fraction of sp³-hybridized carbons (Fsp3) is 0.474. The van der Waals surface area contributed by atoms with Crippen LogP contribution in [-0.4, -0.2) is 51.6 Å². The normalized spacial score (nSPS) is 18.4.